The van der Waals surface area contributed by atoms with E-state index in [1.54, 1.807) is 6.08 Å². The van der Waals surface area contributed by atoms with Crippen molar-refractivity contribution in [1.29, 1.82) is 0 Å². The quantitative estimate of drug-likeness (QED) is 0.586. The zero-order valence-corrected chi connectivity index (χ0v) is 15.2. The summed E-state index contributed by atoms with van der Waals surface area (Å²) < 4.78 is 2.12. The van der Waals surface area contributed by atoms with Crippen molar-refractivity contribution in [1.82, 2.24) is 20.1 Å². The zero-order valence-electron chi connectivity index (χ0n) is 14.4. The van der Waals surface area contributed by atoms with Crippen LogP contribution in [0.2, 0.25) is 0 Å². The highest BCUT2D eigenvalue weighted by atomic mass is 32.2. The molecule has 0 bridgehead atoms. The molecule has 1 aromatic heterocycles. The largest absolute Gasteiger partial charge is 0.352 e. The Morgan fingerprint density at radius 2 is 2.04 bits per heavy atom. The summed E-state index contributed by atoms with van der Waals surface area (Å²) in [5.41, 5.74) is 1.03. The van der Waals surface area contributed by atoms with Gasteiger partial charge in [0.2, 0.25) is 5.91 Å². The first-order valence-corrected chi connectivity index (χ1v) is 9.02. The van der Waals surface area contributed by atoms with Gasteiger partial charge in [0.1, 0.15) is 0 Å². The van der Waals surface area contributed by atoms with Gasteiger partial charge in [-0.3, -0.25) is 9.36 Å². The Balaban J connectivity index is 2.29. The number of hydrogen-bond acceptors (Lipinski definition) is 4. The van der Waals surface area contributed by atoms with E-state index in [9.17, 15) is 4.79 Å². The first kappa shape index (κ1) is 18.3. The Hall–Kier alpha value is -2.08. The maximum Gasteiger partial charge on any atom is 0.233 e. The number of benzene rings is 1. The van der Waals surface area contributed by atoms with Crippen molar-refractivity contribution in [3.63, 3.8) is 0 Å². The Morgan fingerprint density at radius 1 is 1.33 bits per heavy atom. The minimum Gasteiger partial charge on any atom is -0.352 e. The number of amides is 1. The van der Waals surface area contributed by atoms with E-state index in [2.05, 4.69) is 40.5 Å². The number of nitrogens with zero attached hydrogens (tertiary/aromatic N) is 3. The number of carbonyl (C=O) groups is 1. The average molecular weight is 344 g/mol. The van der Waals surface area contributed by atoms with Crippen LogP contribution < -0.4 is 5.32 Å². The summed E-state index contributed by atoms with van der Waals surface area (Å²) >= 11 is 1.43. The van der Waals surface area contributed by atoms with Crippen LogP contribution in [0.15, 0.2) is 48.1 Å². The third-order valence-electron chi connectivity index (χ3n) is 3.80. The third kappa shape index (κ3) is 4.26. The van der Waals surface area contributed by atoms with E-state index in [1.165, 1.54) is 11.8 Å². The summed E-state index contributed by atoms with van der Waals surface area (Å²) in [4.78, 5) is 12.1. The van der Waals surface area contributed by atoms with Crippen LogP contribution in [0.1, 0.15) is 33.2 Å². The Labute approximate surface area is 147 Å². The van der Waals surface area contributed by atoms with Crippen molar-refractivity contribution in [3.05, 3.63) is 43.0 Å². The summed E-state index contributed by atoms with van der Waals surface area (Å²) in [5, 5.41) is 12.1. The van der Waals surface area contributed by atoms with E-state index >= 15 is 0 Å². The second-order valence-corrected chi connectivity index (χ2v) is 6.90. The number of rotatable bonds is 8. The van der Waals surface area contributed by atoms with Crippen LogP contribution in [0.3, 0.4) is 0 Å². The van der Waals surface area contributed by atoms with E-state index in [-0.39, 0.29) is 17.2 Å². The van der Waals surface area contributed by atoms with Crippen LogP contribution in [0, 0.1) is 0 Å². The first-order chi connectivity index (χ1) is 11.6. The zero-order chi connectivity index (χ0) is 17.5. The standard InChI is InChI=1S/C18H24N4OS/c1-5-12-19-17(23)14(4)24-18-21-20-16(22(18)13(3)6-2)15-10-8-7-9-11-15/h5,7-11,13-14H,1,6,12H2,2-4H3,(H,19,23)/t13-,14-/m1/s1. The monoisotopic (exact) mass is 344 g/mol. The lowest BCUT2D eigenvalue weighted by Gasteiger charge is -2.18. The Kier molecular flexibility index (Phi) is 6.61. The smallest absolute Gasteiger partial charge is 0.233 e. The molecule has 1 amide bonds. The van der Waals surface area contributed by atoms with Crippen molar-refractivity contribution >= 4 is 17.7 Å². The predicted octanol–water partition coefficient (Wildman–Crippen LogP) is 3.70. The summed E-state index contributed by atoms with van der Waals surface area (Å²) in [7, 11) is 0. The van der Waals surface area contributed by atoms with Crippen molar-refractivity contribution in [2.24, 2.45) is 0 Å². The lowest BCUT2D eigenvalue weighted by molar-refractivity contribution is -0.120. The average Bonchev–Trinajstić information content (AvgIpc) is 3.03. The molecule has 0 aliphatic rings. The molecule has 0 unspecified atom stereocenters. The maximum absolute atomic E-state index is 12.1. The summed E-state index contributed by atoms with van der Waals surface area (Å²) in [6, 6.07) is 10.3. The number of aromatic nitrogens is 3. The molecule has 0 fully saturated rings. The van der Waals surface area contributed by atoms with Gasteiger partial charge in [0.25, 0.3) is 0 Å². The molecule has 0 spiro atoms. The van der Waals surface area contributed by atoms with E-state index in [4.69, 9.17) is 0 Å². The van der Waals surface area contributed by atoms with E-state index in [1.807, 2.05) is 37.3 Å². The summed E-state index contributed by atoms with van der Waals surface area (Å²) in [6.45, 7) is 10.2. The molecule has 2 rings (SSSR count). The second kappa shape index (κ2) is 8.68. The number of nitrogens with one attached hydrogen (secondary N) is 1. The van der Waals surface area contributed by atoms with Crippen molar-refractivity contribution in [3.8, 4) is 11.4 Å². The van der Waals surface area contributed by atoms with E-state index < -0.39 is 0 Å². The van der Waals surface area contributed by atoms with Gasteiger partial charge in [0.15, 0.2) is 11.0 Å². The molecule has 5 nitrogen and oxygen atoms in total. The molecule has 2 aromatic rings. The molecule has 1 heterocycles. The number of carbonyl (C=O) groups excluding carboxylic acids is 1. The molecule has 128 valence electrons. The highest BCUT2D eigenvalue weighted by Crippen LogP contribution is 2.30. The van der Waals surface area contributed by atoms with Gasteiger partial charge in [-0.2, -0.15) is 0 Å². The van der Waals surface area contributed by atoms with Crippen LogP contribution in [0.5, 0.6) is 0 Å². The van der Waals surface area contributed by atoms with Gasteiger partial charge < -0.3 is 5.32 Å². The normalized spacial score (nSPS) is 13.3. The molecular formula is C18H24N4OS. The molecule has 2 atom stereocenters. The van der Waals surface area contributed by atoms with E-state index in [0.717, 1.165) is 23.0 Å². The minimum atomic E-state index is -0.249. The predicted molar refractivity (Wildman–Crippen MR) is 99.0 cm³/mol. The number of thioether (sulfide) groups is 1. The van der Waals surface area contributed by atoms with Gasteiger partial charge >= 0.3 is 0 Å². The fourth-order valence-corrected chi connectivity index (χ4v) is 3.22. The summed E-state index contributed by atoms with van der Waals surface area (Å²) in [5.74, 6) is 0.811. The van der Waals surface area contributed by atoms with Gasteiger partial charge in [0, 0.05) is 18.2 Å². The molecule has 6 heteroatoms. The van der Waals surface area contributed by atoms with Crippen LogP contribution in [0.4, 0.5) is 0 Å². The lowest BCUT2D eigenvalue weighted by Crippen LogP contribution is -2.31. The highest BCUT2D eigenvalue weighted by molar-refractivity contribution is 8.00. The molecule has 0 aliphatic heterocycles. The minimum absolute atomic E-state index is 0.0279. The maximum atomic E-state index is 12.1. The van der Waals surface area contributed by atoms with Gasteiger partial charge in [-0.25, -0.2) is 0 Å². The molecule has 24 heavy (non-hydrogen) atoms. The van der Waals surface area contributed by atoms with Gasteiger partial charge in [-0.1, -0.05) is 55.1 Å². The van der Waals surface area contributed by atoms with Crippen molar-refractivity contribution < 1.29 is 4.79 Å². The van der Waals surface area contributed by atoms with Crippen molar-refractivity contribution in [2.75, 3.05) is 6.54 Å². The first-order valence-electron chi connectivity index (χ1n) is 8.14. The molecule has 0 saturated carbocycles. The molecule has 0 aliphatic carbocycles. The molecule has 0 saturated heterocycles. The van der Waals surface area contributed by atoms with Crippen molar-refractivity contribution in [2.45, 2.75) is 43.6 Å². The lowest BCUT2D eigenvalue weighted by atomic mass is 10.2. The van der Waals surface area contributed by atoms with Gasteiger partial charge in [-0.05, 0) is 20.3 Å². The van der Waals surface area contributed by atoms with Crippen LogP contribution >= 0.6 is 11.8 Å². The molecular weight excluding hydrogens is 320 g/mol. The van der Waals surface area contributed by atoms with Gasteiger partial charge in [-0.15, -0.1) is 16.8 Å². The SMILES string of the molecule is C=CCNC(=O)[C@@H](C)Sc1nnc(-c2ccccc2)n1[C@H](C)CC. The molecule has 1 N–H and O–H groups in total. The van der Waals surface area contributed by atoms with Crippen LogP contribution in [-0.4, -0.2) is 32.5 Å². The fourth-order valence-electron chi connectivity index (χ4n) is 2.25. The Morgan fingerprint density at radius 3 is 2.67 bits per heavy atom. The van der Waals surface area contributed by atoms with Gasteiger partial charge in [0.05, 0.1) is 5.25 Å². The van der Waals surface area contributed by atoms with Crippen LogP contribution in [-0.2, 0) is 4.79 Å². The molecule has 1 aromatic carbocycles. The summed E-state index contributed by atoms with van der Waals surface area (Å²) in [6.07, 6.45) is 2.63. The van der Waals surface area contributed by atoms with E-state index in [0.29, 0.717) is 6.54 Å². The number of hydrogen-bond donors (Lipinski definition) is 1. The topological polar surface area (TPSA) is 59.8 Å². The second-order valence-electron chi connectivity index (χ2n) is 5.59. The fraction of sp³-hybridized carbons (Fsp3) is 0.389. The highest BCUT2D eigenvalue weighted by Gasteiger charge is 2.22. The molecule has 0 radical (unpaired) electrons. The Bertz CT molecular complexity index is 684. The third-order valence-corrected chi connectivity index (χ3v) is 4.86. The van der Waals surface area contributed by atoms with Crippen LogP contribution in [0.25, 0.3) is 11.4 Å².